The molecular weight excluding hydrogens is 280 g/mol. The first-order valence-corrected chi connectivity index (χ1v) is 7.16. The van der Waals surface area contributed by atoms with Crippen LogP contribution < -0.4 is 10.6 Å². The van der Waals surface area contributed by atoms with Crippen molar-refractivity contribution in [2.75, 3.05) is 31.3 Å². The highest BCUT2D eigenvalue weighted by Gasteiger charge is 2.11. The number of sulfone groups is 1. The van der Waals surface area contributed by atoms with Gasteiger partial charge in [0.2, 0.25) is 0 Å². The van der Waals surface area contributed by atoms with E-state index in [2.05, 4.69) is 10.1 Å². The lowest BCUT2D eigenvalue weighted by Crippen LogP contribution is -2.42. The Kier molecular flexibility index (Phi) is 7.68. The van der Waals surface area contributed by atoms with E-state index < -0.39 is 41.0 Å². The second-order valence-electron chi connectivity index (χ2n) is 3.43. The topological polar surface area (TPSA) is 139 Å². The fourth-order valence-corrected chi connectivity index (χ4v) is 1.60. The number of hydrogen-bond acceptors (Lipinski definition) is 6. The van der Waals surface area contributed by atoms with E-state index in [9.17, 15) is 22.8 Å². The maximum absolute atomic E-state index is 11.1. The second kappa shape index (κ2) is 8.43. The molecule has 3 N–H and O–H groups in total. The molecule has 0 heterocycles. The highest BCUT2D eigenvalue weighted by Crippen LogP contribution is 1.86. The molecule has 0 aliphatic carbocycles. The minimum atomic E-state index is -3.18. The van der Waals surface area contributed by atoms with Gasteiger partial charge >= 0.3 is 12.0 Å². The summed E-state index contributed by atoms with van der Waals surface area (Å²) in [5, 5.41) is 12.3. The monoisotopic (exact) mass is 296 g/mol. The number of carboxylic acids is 1. The van der Waals surface area contributed by atoms with Gasteiger partial charge in [-0.15, -0.1) is 0 Å². The molecule has 0 aliphatic heterocycles. The molecule has 0 aromatic heterocycles. The van der Waals surface area contributed by atoms with Crippen LogP contribution in [0.15, 0.2) is 0 Å². The minimum Gasteiger partial charge on any atom is -0.480 e. The van der Waals surface area contributed by atoms with E-state index in [0.29, 0.717) is 0 Å². The lowest BCUT2D eigenvalue weighted by atomic mass is 10.6. The number of ether oxygens (including phenoxy) is 1. The highest BCUT2D eigenvalue weighted by molar-refractivity contribution is 7.91. The van der Waals surface area contributed by atoms with Gasteiger partial charge in [-0.1, -0.05) is 6.92 Å². The molecule has 0 radical (unpaired) electrons. The molecule has 0 bridgehead atoms. The zero-order valence-electron chi connectivity index (χ0n) is 10.3. The molecule has 0 atom stereocenters. The summed E-state index contributed by atoms with van der Waals surface area (Å²) in [6.07, 6.45) is 0. The number of amides is 3. The number of hydrogen-bond donors (Lipinski definition) is 3. The molecular formula is C9H16N2O7S. The smallest absolute Gasteiger partial charge is 0.329 e. The van der Waals surface area contributed by atoms with Crippen LogP contribution in [-0.4, -0.2) is 62.7 Å². The minimum absolute atomic E-state index is 0.0295. The molecule has 9 nitrogen and oxygen atoms in total. The van der Waals surface area contributed by atoms with Gasteiger partial charge in [0.1, 0.15) is 13.2 Å². The maximum Gasteiger partial charge on any atom is 0.329 e. The quantitative estimate of drug-likeness (QED) is 0.487. The standard InChI is InChI=1S/C9H16N2O7S/c1-2-19(16,17)4-3-10-9(15)11-7(12)5-18-6-8(13)14/h2-6H2,1H3,(H,13,14)(H2,10,11,12,15). The Morgan fingerprint density at radius 1 is 1.21 bits per heavy atom. The molecule has 0 rings (SSSR count). The van der Waals surface area contributed by atoms with E-state index in [1.54, 1.807) is 0 Å². The summed E-state index contributed by atoms with van der Waals surface area (Å²) in [6, 6.07) is -0.866. The first-order chi connectivity index (χ1) is 8.76. The Morgan fingerprint density at radius 2 is 1.84 bits per heavy atom. The van der Waals surface area contributed by atoms with Crippen molar-refractivity contribution in [1.82, 2.24) is 10.6 Å². The largest absolute Gasteiger partial charge is 0.480 e. The molecule has 0 unspecified atom stereocenters. The van der Waals surface area contributed by atoms with Crippen LogP contribution in [0.1, 0.15) is 6.92 Å². The lowest BCUT2D eigenvalue weighted by molar-refractivity contribution is -0.143. The summed E-state index contributed by atoms with van der Waals surface area (Å²) < 4.78 is 26.6. The molecule has 0 aliphatic rings. The van der Waals surface area contributed by atoms with Crippen molar-refractivity contribution < 1.29 is 32.6 Å². The summed E-state index contributed by atoms with van der Waals surface area (Å²) >= 11 is 0. The van der Waals surface area contributed by atoms with Crippen LogP contribution in [0.3, 0.4) is 0 Å². The van der Waals surface area contributed by atoms with E-state index in [0.717, 1.165) is 0 Å². The van der Waals surface area contributed by atoms with Gasteiger partial charge in [0.15, 0.2) is 9.84 Å². The number of aliphatic carboxylic acids is 1. The van der Waals surface area contributed by atoms with Crippen LogP contribution in [0.2, 0.25) is 0 Å². The average molecular weight is 296 g/mol. The number of carbonyl (C=O) groups excluding carboxylic acids is 2. The van der Waals surface area contributed by atoms with Crippen LogP contribution in [0, 0.1) is 0 Å². The van der Waals surface area contributed by atoms with Crippen molar-refractivity contribution in [3.05, 3.63) is 0 Å². The normalized spacial score (nSPS) is 10.8. The number of urea groups is 1. The Bertz CT molecular complexity index is 432. The molecule has 10 heteroatoms. The number of carboxylic acid groups (broad SMARTS) is 1. The fourth-order valence-electron chi connectivity index (χ4n) is 0.902. The zero-order valence-corrected chi connectivity index (χ0v) is 11.2. The molecule has 0 saturated carbocycles. The zero-order chi connectivity index (χ0) is 14.9. The van der Waals surface area contributed by atoms with Crippen LogP contribution in [-0.2, 0) is 24.2 Å². The predicted molar refractivity (Wildman–Crippen MR) is 64.3 cm³/mol. The number of nitrogens with one attached hydrogen (secondary N) is 2. The Hall–Kier alpha value is -1.68. The second-order valence-corrected chi connectivity index (χ2v) is 5.90. The van der Waals surface area contributed by atoms with Gasteiger partial charge in [0, 0.05) is 12.3 Å². The fraction of sp³-hybridized carbons (Fsp3) is 0.667. The number of carbonyl (C=O) groups is 3. The third-order valence-corrected chi connectivity index (χ3v) is 3.56. The first kappa shape index (κ1) is 17.3. The molecule has 0 fully saturated rings. The van der Waals surface area contributed by atoms with Crippen molar-refractivity contribution in [2.24, 2.45) is 0 Å². The van der Waals surface area contributed by atoms with Crippen molar-refractivity contribution in [3.8, 4) is 0 Å². The molecule has 0 aromatic rings. The van der Waals surface area contributed by atoms with Crippen LogP contribution in [0.4, 0.5) is 4.79 Å². The summed E-state index contributed by atoms with van der Waals surface area (Å²) in [5.74, 6) is -2.31. The average Bonchev–Trinajstić information content (AvgIpc) is 2.28. The summed E-state index contributed by atoms with van der Waals surface area (Å²) in [6.45, 7) is 0.140. The van der Waals surface area contributed by atoms with Gasteiger partial charge in [0.05, 0.1) is 5.75 Å². The molecule has 0 aromatic carbocycles. The summed E-state index contributed by atoms with van der Waals surface area (Å²) in [7, 11) is -3.18. The van der Waals surface area contributed by atoms with E-state index in [1.807, 2.05) is 5.32 Å². The molecule has 0 saturated heterocycles. The Labute approximate surface area is 110 Å². The molecule has 0 spiro atoms. The van der Waals surface area contributed by atoms with Crippen molar-refractivity contribution in [1.29, 1.82) is 0 Å². The van der Waals surface area contributed by atoms with Gasteiger partial charge in [0.25, 0.3) is 5.91 Å². The van der Waals surface area contributed by atoms with E-state index in [-0.39, 0.29) is 18.1 Å². The van der Waals surface area contributed by atoms with E-state index in [4.69, 9.17) is 5.11 Å². The van der Waals surface area contributed by atoms with Gasteiger partial charge in [-0.3, -0.25) is 10.1 Å². The lowest BCUT2D eigenvalue weighted by Gasteiger charge is -2.06. The number of rotatable bonds is 8. The van der Waals surface area contributed by atoms with Crippen molar-refractivity contribution >= 4 is 27.7 Å². The van der Waals surface area contributed by atoms with Crippen LogP contribution in [0.25, 0.3) is 0 Å². The van der Waals surface area contributed by atoms with Gasteiger partial charge < -0.3 is 15.2 Å². The van der Waals surface area contributed by atoms with E-state index >= 15 is 0 Å². The van der Waals surface area contributed by atoms with Crippen LogP contribution >= 0.6 is 0 Å². The van der Waals surface area contributed by atoms with Crippen molar-refractivity contribution in [3.63, 3.8) is 0 Å². The predicted octanol–water partition coefficient (Wildman–Crippen LogP) is -1.65. The van der Waals surface area contributed by atoms with Gasteiger partial charge in [-0.2, -0.15) is 0 Å². The Morgan fingerprint density at radius 3 is 2.37 bits per heavy atom. The molecule has 19 heavy (non-hydrogen) atoms. The van der Waals surface area contributed by atoms with Gasteiger partial charge in [-0.25, -0.2) is 18.0 Å². The molecule has 3 amide bonds. The van der Waals surface area contributed by atoms with Crippen LogP contribution in [0.5, 0.6) is 0 Å². The molecule has 110 valence electrons. The first-order valence-electron chi connectivity index (χ1n) is 5.34. The number of imide groups is 1. The summed E-state index contributed by atoms with van der Waals surface area (Å²) in [4.78, 5) is 32.2. The van der Waals surface area contributed by atoms with Crippen molar-refractivity contribution in [2.45, 2.75) is 6.92 Å². The maximum atomic E-state index is 11.1. The Balaban J connectivity index is 3.80. The summed E-state index contributed by atoms with van der Waals surface area (Å²) in [5.41, 5.74) is 0. The highest BCUT2D eigenvalue weighted by atomic mass is 32.2. The van der Waals surface area contributed by atoms with E-state index in [1.165, 1.54) is 6.92 Å². The third-order valence-electron chi connectivity index (χ3n) is 1.85. The van der Waals surface area contributed by atoms with Gasteiger partial charge in [-0.05, 0) is 0 Å². The third kappa shape index (κ3) is 9.97. The SMILES string of the molecule is CCS(=O)(=O)CCNC(=O)NC(=O)COCC(=O)O.